The molecule has 0 aromatic carbocycles. The molecule has 0 aliphatic carbocycles. The number of carbonyl (C=O) groups is 2. The Kier molecular flexibility index (Phi) is 35.9. The first-order chi connectivity index (χ1) is 27.0. The number of allylic oxidation sites excluding steroid dienone is 14. The number of rotatable bonds is 37. The van der Waals surface area contributed by atoms with E-state index < -0.39 is 32.5 Å². The summed E-state index contributed by atoms with van der Waals surface area (Å²) < 4.78 is 34.2. The molecule has 320 valence electrons. The summed E-state index contributed by atoms with van der Waals surface area (Å²) in [5.74, 6) is -0.856. The lowest BCUT2D eigenvalue weighted by molar-refractivity contribution is -0.870. The molecular weight excluding hydrogens is 725 g/mol. The van der Waals surface area contributed by atoms with E-state index in [9.17, 15) is 19.0 Å². The molecule has 2 unspecified atom stereocenters. The van der Waals surface area contributed by atoms with E-state index in [0.29, 0.717) is 23.9 Å². The number of nitrogens with zero attached hydrogens (tertiary/aromatic N) is 1. The van der Waals surface area contributed by atoms with E-state index in [1.165, 1.54) is 0 Å². The summed E-state index contributed by atoms with van der Waals surface area (Å²) in [6.07, 6.45) is 47.7. The van der Waals surface area contributed by atoms with Crippen molar-refractivity contribution >= 4 is 19.8 Å². The van der Waals surface area contributed by atoms with Crippen molar-refractivity contribution in [2.24, 2.45) is 0 Å². The number of likely N-dealkylation sites (N-methyl/N-ethyl adjacent to an activating group) is 1. The molecule has 0 radical (unpaired) electrons. The van der Waals surface area contributed by atoms with E-state index in [2.05, 4.69) is 98.9 Å². The van der Waals surface area contributed by atoms with Crippen LogP contribution < -0.4 is 0 Å². The fraction of sp³-hybridized carbons (Fsp3) is 0.652. The first-order valence-electron chi connectivity index (χ1n) is 21.3. The van der Waals surface area contributed by atoms with Crippen molar-refractivity contribution in [3.8, 4) is 0 Å². The predicted molar refractivity (Wildman–Crippen MR) is 233 cm³/mol. The summed E-state index contributed by atoms with van der Waals surface area (Å²) in [4.78, 5) is 35.3. The van der Waals surface area contributed by atoms with E-state index in [-0.39, 0.29) is 26.1 Å². The Labute approximate surface area is 341 Å². The molecule has 0 bridgehead atoms. The van der Waals surface area contributed by atoms with Gasteiger partial charge in [0, 0.05) is 12.8 Å². The number of carbonyl (C=O) groups excluding carboxylic acids is 2. The van der Waals surface area contributed by atoms with Gasteiger partial charge in [-0.05, 0) is 83.5 Å². The Bertz CT molecular complexity index is 1230. The summed E-state index contributed by atoms with van der Waals surface area (Å²) in [5.41, 5.74) is 0. The SMILES string of the molecule is CC/C=C\C/C=C\C/C=C\C/C=C\CCCCCCC(=O)OC(COC(=O)CCCCCCC/C=C\C/C=C\C/C=C\CC)COP(=O)(O)OCC[N+](C)(C)C. The normalized spacial score (nSPS) is 14.5. The molecule has 0 aromatic rings. The second kappa shape index (κ2) is 37.7. The standard InChI is InChI=1S/C46H78NO8P/c1-6-8-10-12-14-16-18-20-22-23-25-27-29-31-33-35-37-39-46(49)55-44(43-54-56(50,51)53-41-40-47(3,4)5)42-52-45(48)38-36-34-32-30-28-26-24-21-19-17-15-13-11-9-7-2/h8-11,14-17,20-22,24-25,27,44H,6-7,12-13,18-19,23,26,28-43H2,1-5H3/p+1/b10-8-,11-9-,16-14-,17-15-,22-20-,24-21-,27-25-. The van der Waals surface area contributed by atoms with Crippen molar-refractivity contribution in [1.29, 1.82) is 0 Å². The number of ether oxygens (including phenoxy) is 2. The Balaban J connectivity index is 4.47. The van der Waals surface area contributed by atoms with Crippen LogP contribution in [-0.4, -0.2) is 74.9 Å². The zero-order valence-electron chi connectivity index (χ0n) is 35.8. The molecule has 0 amide bonds. The number of unbranched alkanes of at least 4 members (excludes halogenated alkanes) is 9. The van der Waals surface area contributed by atoms with Crippen molar-refractivity contribution in [1.82, 2.24) is 0 Å². The van der Waals surface area contributed by atoms with Gasteiger partial charge in [0.25, 0.3) is 0 Å². The molecule has 0 fully saturated rings. The lowest BCUT2D eigenvalue weighted by Crippen LogP contribution is -2.37. The third kappa shape index (κ3) is 40.8. The molecular formula is C46H79NO8P+. The lowest BCUT2D eigenvalue weighted by Gasteiger charge is -2.24. The maximum absolute atomic E-state index is 12.7. The first-order valence-corrected chi connectivity index (χ1v) is 22.8. The molecule has 0 aliphatic heterocycles. The number of quaternary nitrogens is 1. The van der Waals surface area contributed by atoms with E-state index >= 15 is 0 Å². The molecule has 0 saturated carbocycles. The van der Waals surface area contributed by atoms with Crippen LogP contribution in [0.4, 0.5) is 0 Å². The minimum atomic E-state index is -4.39. The second-order valence-corrected chi connectivity index (χ2v) is 16.4. The van der Waals surface area contributed by atoms with E-state index in [0.717, 1.165) is 103 Å². The van der Waals surface area contributed by atoms with Gasteiger partial charge in [0.1, 0.15) is 19.8 Å². The fourth-order valence-corrected chi connectivity index (χ4v) is 5.88. The third-order valence-electron chi connectivity index (χ3n) is 8.42. The monoisotopic (exact) mass is 805 g/mol. The molecule has 0 aromatic heterocycles. The number of hydrogen-bond donors (Lipinski definition) is 1. The molecule has 0 rings (SSSR count). The largest absolute Gasteiger partial charge is 0.472 e. The third-order valence-corrected chi connectivity index (χ3v) is 9.40. The van der Waals surface area contributed by atoms with E-state index in [4.69, 9.17) is 18.5 Å². The van der Waals surface area contributed by atoms with Crippen LogP contribution in [0.5, 0.6) is 0 Å². The van der Waals surface area contributed by atoms with Crippen LogP contribution in [0.25, 0.3) is 0 Å². The van der Waals surface area contributed by atoms with Crippen LogP contribution in [-0.2, 0) is 32.7 Å². The quantitative estimate of drug-likeness (QED) is 0.0217. The first kappa shape index (κ1) is 53.2. The van der Waals surface area contributed by atoms with Crippen molar-refractivity contribution < 1.29 is 42.1 Å². The van der Waals surface area contributed by atoms with Crippen molar-refractivity contribution in [3.63, 3.8) is 0 Å². The van der Waals surface area contributed by atoms with Crippen LogP contribution in [0.1, 0.15) is 142 Å². The zero-order valence-corrected chi connectivity index (χ0v) is 36.7. The highest BCUT2D eigenvalue weighted by molar-refractivity contribution is 7.47. The van der Waals surface area contributed by atoms with E-state index in [1.54, 1.807) is 0 Å². The van der Waals surface area contributed by atoms with Crippen LogP contribution in [0.3, 0.4) is 0 Å². The van der Waals surface area contributed by atoms with Gasteiger partial charge in [0.2, 0.25) is 0 Å². The van der Waals surface area contributed by atoms with Gasteiger partial charge in [-0.15, -0.1) is 0 Å². The molecule has 0 heterocycles. The maximum atomic E-state index is 12.7. The molecule has 2 atom stereocenters. The van der Waals surface area contributed by atoms with Crippen LogP contribution in [0.2, 0.25) is 0 Å². The lowest BCUT2D eigenvalue weighted by atomic mass is 10.1. The molecule has 0 aliphatic rings. The van der Waals surface area contributed by atoms with E-state index in [1.807, 2.05) is 21.1 Å². The average molecular weight is 805 g/mol. The van der Waals surface area contributed by atoms with Crippen LogP contribution in [0.15, 0.2) is 85.1 Å². The average Bonchev–Trinajstić information content (AvgIpc) is 3.15. The Morgan fingerprint density at radius 2 is 0.964 bits per heavy atom. The van der Waals surface area contributed by atoms with Gasteiger partial charge >= 0.3 is 19.8 Å². The summed E-state index contributed by atoms with van der Waals surface area (Å²) in [7, 11) is 1.43. The Hall–Kier alpha value is -2.81. The molecule has 56 heavy (non-hydrogen) atoms. The van der Waals surface area contributed by atoms with Crippen LogP contribution in [0, 0.1) is 0 Å². The van der Waals surface area contributed by atoms with Crippen molar-refractivity contribution in [2.75, 3.05) is 47.5 Å². The van der Waals surface area contributed by atoms with Gasteiger partial charge in [0.05, 0.1) is 27.7 Å². The Morgan fingerprint density at radius 3 is 1.43 bits per heavy atom. The highest BCUT2D eigenvalue weighted by Gasteiger charge is 2.27. The fourth-order valence-electron chi connectivity index (χ4n) is 5.13. The second-order valence-electron chi connectivity index (χ2n) is 15.0. The Morgan fingerprint density at radius 1 is 0.554 bits per heavy atom. The van der Waals surface area contributed by atoms with Gasteiger partial charge in [-0.3, -0.25) is 18.6 Å². The maximum Gasteiger partial charge on any atom is 0.472 e. The minimum absolute atomic E-state index is 0.0186. The molecule has 0 spiro atoms. The highest BCUT2D eigenvalue weighted by atomic mass is 31.2. The number of hydrogen-bond acceptors (Lipinski definition) is 7. The van der Waals surface area contributed by atoms with Crippen LogP contribution >= 0.6 is 7.82 Å². The summed E-state index contributed by atoms with van der Waals surface area (Å²) in [5, 5.41) is 0. The van der Waals surface area contributed by atoms with Gasteiger partial charge in [-0.1, -0.05) is 131 Å². The predicted octanol–water partition coefficient (Wildman–Crippen LogP) is 12.0. The number of phosphoric acid groups is 1. The smallest absolute Gasteiger partial charge is 0.462 e. The van der Waals surface area contributed by atoms with Crippen molar-refractivity contribution in [3.05, 3.63) is 85.1 Å². The molecule has 1 N–H and O–H groups in total. The summed E-state index contributed by atoms with van der Waals surface area (Å²) in [6, 6.07) is 0. The van der Waals surface area contributed by atoms with Gasteiger partial charge in [-0.25, -0.2) is 4.57 Å². The van der Waals surface area contributed by atoms with Gasteiger partial charge < -0.3 is 18.9 Å². The summed E-state index contributed by atoms with van der Waals surface area (Å²) in [6.45, 7) is 4.12. The summed E-state index contributed by atoms with van der Waals surface area (Å²) >= 11 is 0. The topological polar surface area (TPSA) is 108 Å². The van der Waals surface area contributed by atoms with Gasteiger partial charge in [0.15, 0.2) is 6.10 Å². The van der Waals surface area contributed by atoms with Gasteiger partial charge in [-0.2, -0.15) is 0 Å². The zero-order chi connectivity index (χ0) is 41.4. The van der Waals surface area contributed by atoms with Crippen molar-refractivity contribution in [2.45, 2.75) is 148 Å². The minimum Gasteiger partial charge on any atom is -0.462 e. The number of phosphoric ester groups is 1. The molecule has 9 nitrogen and oxygen atoms in total. The molecule has 10 heteroatoms. The number of esters is 2. The molecule has 0 saturated heterocycles. The highest BCUT2D eigenvalue weighted by Crippen LogP contribution is 2.43.